The third-order valence-corrected chi connectivity index (χ3v) is 3.75. The fourth-order valence-electron chi connectivity index (χ4n) is 2.76. The molecule has 1 aromatic carbocycles. The van der Waals surface area contributed by atoms with E-state index in [1.54, 1.807) is 6.20 Å². The fourth-order valence-corrected chi connectivity index (χ4v) is 2.76. The van der Waals surface area contributed by atoms with Crippen molar-refractivity contribution in [2.45, 2.75) is 33.0 Å². The summed E-state index contributed by atoms with van der Waals surface area (Å²) in [4.78, 5) is 12.3. The Kier molecular flexibility index (Phi) is 3.96. The average molecular weight is 296 g/mol. The maximum Gasteiger partial charge on any atom is 0.240 e. The first-order valence-electron chi connectivity index (χ1n) is 7.45. The van der Waals surface area contributed by atoms with Gasteiger partial charge in [-0.3, -0.25) is 9.48 Å². The number of hydrogen-bond donors (Lipinski definition) is 1. The van der Waals surface area contributed by atoms with Gasteiger partial charge in [0.2, 0.25) is 5.91 Å². The SMILES string of the molecule is Cc1cc2ccccc2n1CC(=O)N[C@H](C)Cn1cccn1. The molecular weight excluding hydrogens is 276 g/mol. The molecule has 0 bridgehead atoms. The molecule has 0 fully saturated rings. The number of carbonyl (C=O) groups excluding carboxylic acids is 1. The predicted octanol–water partition coefficient (Wildman–Crippen LogP) is 2.35. The molecule has 2 heterocycles. The average Bonchev–Trinajstić information content (AvgIpc) is 3.08. The maximum atomic E-state index is 12.3. The number of nitrogens with one attached hydrogen (secondary N) is 1. The smallest absolute Gasteiger partial charge is 0.240 e. The Morgan fingerprint density at radius 2 is 2.14 bits per heavy atom. The maximum absolute atomic E-state index is 12.3. The van der Waals surface area contributed by atoms with Gasteiger partial charge in [-0.25, -0.2) is 0 Å². The lowest BCUT2D eigenvalue weighted by Crippen LogP contribution is -2.37. The third-order valence-electron chi connectivity index (χ3n) is 3.75. The van der Waals surface area contributed by atoms with E-state index in [2.05, 4.69) is 22.5 Å². The molecule has 3 rings (SSSR count). The summed E-state index contributed by atoms with van der Waals surface area (Å²) in [5, 5.41) is 8.35. The van der Waals surface area contributed by atoms with Gasteiger partial charge in [0, 0.05) is 29.6 Å². The number of benzene rings is 1. The highest BCUT2D eigenvalue weighted by Crippen LogP contribution is 2.18. The Bertz CT molecular complexity index is 773. The molecule has 5 heteroatoms. The molecule has 1 atom stereocenters. The van der Waals surface area contributed by atoms with Crippen molar-refractivity contribution < 1.29 is 4.79 Å². The Morgan fingerprint density at radius 3 is 2.91 bits per heavy atom. The minimum Gasteiger partial charge on any atom is -0.350 e. The van der Waals surface area contributed by atoms with Crippen LogP contribution >= 0.6 is 0 Å². The van der Waals surface area contributed by atoms with E-state index in [0.29, 0.717) is 13.1 Å². The van der Waals surface area contributed by atoms with Crippen LogP contribution in [0.3, 0.4) is 0 Å². The quantitative estimate of drug-likeness (QED) is 0.786. The van der Waals surface area contributed by atoms with Crippen LogP contribution in [0.1, 0.15) is 12.6 Å². The first-order valence-corrected chi connectivity index (χ1v) is 7.45. The van der Waals surface area contributed by atoms with Crippen molar-refractivity contribution in [2.75, 3.05) is 0 Å². The molecule has 5 nitrogen and oxygen atoms in total. The number of nitrogens with zero attached hydrogens (tertiary/aromatic N) is 3. The van der Waals surface area contributed by atoms with Crippen molar-refractivity contribution in [2.24, 2.45) is 0 Å². The topological polar surface area (TPSA) is 51.9 Å². The van der Waals surface area contributed by atoms with Gasteiger partial charge in [0.1, 0.15) is 6.54 Å². The zero-order valence-corrected chi connectivity index (χ0v) is 12.9. The minimum absolute atomic E-state index is 0.0177. The molecule has 2 aromatic heterocycles. The Morgan fingerprint density at radius 1 is 1.32 bits per heavy atom. The second kappa shape index (κ2) is 6.05. The lowest BCUT2D eigenvalue weighted by atomic mass is 10.2. The number of aromatic nitrogens is 3. The van der Waals surface area contributed by atoms with E-state index in [9.17, 15) is 4.79 Å². The number of aryl methyl sites for hydroxylation is 1. The van der Waals surface area contributed by atoms with Gasteiger partial charge in [-0.15, -0.1) is 0 Å². The van der Waals surface area contributed by atoms with E-state index in [1.807, 2.05) is 53.6 Å². The van der Waals surface area contributed by atoms with Crippen LogP contribution in [0.25, 0.3) is 10.9 Å². The summed E-state index contributed by atoms with van der Waals surface area (Å²) < 4.78 is 3.87. The third kappa shape index (κ3) is 3.03. The molecule has 0 aliphatic carbocycles. The van der Waals surface area contributed by atoms with E-state index in [1.165, 1.54) is 0 Å². The van der Waals surface area contributed by atoms with E-state index in [-0.39, 0.29) is 11.9 Å². The summed E-state index contributed by atoms with van der Waals surface area (Å²) in [5.74, 6) is 0.0177. The molecule has 0 radical (unpaired) electrons. The highest BCUT2D eigenvalue weighted by Gasteiger charge is 2.12. The van der Waals surface area contributed by atoms with Crippen molar-refractivity contribution in [3.8, 4) is 0 Å². The van der Waals surface area contributed by atoms with Gasteiger partial charge < -0.3 is 9.88 Å². The number of carbonyl (C=O) groups is 1. The van der Waals surface area contributed by atoms with Crippen molar-refractivity contribution >= 4 is 16.8 Å². The van der Waals surface area contributed by atoms with Crippen LogP contribution in [0.2, 0.25) is 0 Å². The predicted molar refractivity (Wildman–Crippen MR) is 86.5 cm³/mol. The van der Waals surface area contributed by atoms with E-state index < -0.39 is 0 Å². The van der Waals surface area contributed by atoms with Crippen LogP contribution in [0.5, 0.6) is 0 Å². The van der Waals surface area contributed by atoms with E-state index in [0.717, 1.165) is 16.6 Å². The number of rotatable bonds is 5. The summed E-state index contributed by atoms with van der Waals surface area (Å²) in [6.07, 6.45) is 3.64. The van der Waals surface area contributed by atoms with Gasteiger partial charge in [-0.05, 0) is 37.4 Å². The van der Waals surface area contributed by atoms with Gasteiger partial charge in [0.05, 0.1) is 6.54 Å². The molecule has 0 saturated heterocycles. The molecule has 0 aliphatic rings. The largest absolute Gasteiger partial charge is 0.350 e. The normalized spacial score (nSPS) is 12.5. The van der Waals surface area contributed by atoms with E-state index >= 15 is 0 Å². The Labute approximate surface area is 129 Å². The van der Waals surface area contributed by atoms with Crippen molar-refractivity contribution in [1.29, 1.82) is 0 Å². The summed E-state index contributed by atoms with van der Waals surface area (Å²) >= 11 is 0. The summed E-state index contributed by atoms with van der Waals surface area (Å²) in [5.41, 5.74) is 2.19. The molecule has 0 saturated carbocycles. The van der Waals surface area contributed by atoms with Gasteiger partial charge in [-0.2, -0.15) is 5.10 Å². The van der Waals surface area contributed by atoms with Crippen molar-refractivity contribution in [3.63, 3.8) is 0 Å². The molecule has 114 valence electrons. The first kappa shape index (κ1) is 14.4. The van der Waals surface area contributed by atoms with E-state index in [4.69, 9.17) is 0 Å². The van der Waals surface area contributed by atoms with Crippen LogP contribution in [0, 0.1) is 6.92 Å². The molecule has 1 amide bonds. The standard InChI is InChI=1S/C17H20N4O/c1-13(11-20-9-5-8-18-20)19-17(22)12-21-14(2)10-15-6-3-4-7-16(15)21/h3-10,13H,11-12H2,1-2H3,(H,19,22)/t13-/m1/s1. The number of hydrogen-bond acceptors (Lipinski definition) is 2. The molecule has 0 spiro atoms. The zero-order valence-electron chi connectivity index (χ0n) is 12.9. The van der Waals surface area contributed by atoms with Crippen LogP contribution in [0.4, 0.5) is 0 Å². The van der Waals surface area contributed by atoms with Gasteiger partial charge in [0.15, 0.2) is 0 Å². The van der Waals surface area contributed by atoms with Crippen LogP contribution < -0.4 is 5.32 Å². The van der Waals surface area contributed by atoms with Gasteiger partial charge in [-0.1, -0.05) is 18.2 Å². The fraction of sp³-hybridized carbons (Fsp3) is 0.294. The number of para-hydroxylation sites is 1. The number of amides is 1. The Hall–Kier alpha value is -2.56. The second-order valence-corrected chi connectivity index (χ2v) is 5.63. The highest BCUT2D eigenvalue weighted by atomic mass is 16.2. The molecule has 0 unspecified atom stereocenters. The molecular formula is C17H20N4O. The second-order valence-electron chi connectivity index (χ2n) is 5.63. The van der Waals surface area contributed by atoms with Crippen molar-refractivity contribution in [3.05, 3.63) is 54.5 Å². The number of fused-ring (bicyclic) bond motifs is 1. The van der Waals surface area contributed by atoms with Crippen LogP contribution in [0.15, 0.2) is 48.8 Å². The molecule has 0 aliphatic heterocycles. The van der Waals surface area contributed by atoms with Crippen LogP contribution in [-0.4, -0.2) is 26.3 Å². The molecule has 3 aromatic rings. The Balaban J connectivity index is 1.67. The highest BCUT2D eigenvalue weighted by molar-refractivity contribution is 5.84. The van der Waals surface area contributed by atoms with Gasteiger partial charge in [0.25, 0.3) is 0 Å². The molecule has 1 N–H and O–H groups in total. The monoisotopic (exact) mass is 296 g/mol. The molecule has 22 heavy (non-hydrogen) atoms. The lowest BCUT2D eigenvalue weighted by molar-refractivity contribution is -0.122. The summed E-state index contributed by atoms with van der Waals surface area (Å²) in [6, 6.07) is 12.1. The van der Waals surface area contributed by atoms with Crippen molar-refractivity contribution in [1.82, 2.24) is 19.7 Å². The summed E-state index contributed by atoms with van der Waals surface area (Å²) in [6.45, 7) is 5.02. The lowest BCUT2D eigenvalue weighted by Gasteiger charge is -2.15. The van der Waals surface area contributed by atoms with Gasteiger partial charge >= 0.3 is 0 Å². The van der Waals surface area contributed by atoms with Crippen LogP contribution in [-0.2, 0) is 17.9 Å². The summed E-state index contributed by atoms with van der Waals surface area (Å²) in [7, 11) is 0. The minimum atomic E-state index is 0.0177. The zero-order chi connectivity index (χ0) is 15.5. The first-order chi connectivity index (χ1) is 10.6.